The molecule has 1 aromatic heterocycles. The van der Waals surface area contributed by atoms with E-state index in [4.69, 9.17) is 20.8 Å². The number of halogens is 1. The first-order chi connectivity index (χ1) is 11.8. The number of aromatic nitrogens is 2. The zero-order valence-electron chi connectivity index (χ0n) is 13.1. The molecule has 0 aliphatic carbocycles. The van der Waals surface area contributed by atoms with Crippen LogP contribution in [0.1, 0.15) is 11.5 Å². The molecule has 3 aromatic rings. The molecule has 0 atom stereocenters. The number of hydrogen-bond donors (Lipinski definition) is 1. The van der Waals surface area contributed by atoms with Crippen molar-refractivity contribution >= 4 is 17.6 Å². The van der Waals surface area contributed by atoms with Crippen molar-refractivity contribution in [3.63, 3.8) is 0 Å². The summed E-state index contributed by atoms with van der Waals surface area (Å²) >= 11 is 5.87. The molecule has 6 heteroatoms. The first kappa shape index (κ1) is 16.3. The van der Waals surface area contributed by atoms with Crippen molar-refractivity contribution in [2.24, 2.45) is 0 Å². The molecule has 1 N–H and O–H groups in total. The molecule has 3 rings (SSSR count). The van der Waals surface area contributed by atoms with E-state index < -0.39 is 0 Å². The van der Waals surface area contributed by atoms with E-state index in [1.165, 1.54) is 5.56 Å². The third kappa shape index (κ3) is 4.99. The van der Waals surface area contributed by atoms with E-state index in [1.54, 1.807) is 0 Å². The zero-order chi connectivity index (χ0) is 16.6. The first-order valence-corrected chi connectivity index (χ1v) is 8.16. The van der Waals surface area contributed by atoms with Gasteiger partial charge in [-0.15, -0.1) is 5.10 Å². The van der Waals surface area contributed by atoms with Crippen LogP contribution in [-0.2, 0) is 12.8 Å². The molecule has 0 radical (unpaired) electrons. The fraction of sp³-hybridized carbons (Fsp3) is 0.222. The summed E-state index contributed by atoms with van der Waals surface area (Å²) in [6.45, 7) is 1.21. The maximum atomic E-state index is 5.87. The molecule has 0 fully saturated rings. The van der Waals surface area contributed by atoms with Crippen LogP contribution in [0.4, 0.5) is 6.01 Å². The first-order valence-electron chi connectivity index (χ1n) is 7.78. The number of para-hydroxylation sites is 1. The van der Waals surface area contributed by atoms with E-state index >= 15 is 0 Å². The van der Waals surface area contributed by atoms with E-state index in [1.807, 2.05) is 54.6 Å². The molecular formula is C18H18ClN3O2. The minimum atomic E-state index is 0.429. The van der Waals surface area contributed by atoms with E-state index in [0.717, 1.165) is 17.2 Å². The summed E-state index contributed by atoms with van der Waals surface area (Å²) in [5.41, 5.74) is 1.20. The Morgan fingerprint density at radius 3 is 2.54 bits per heavy atom. The Hall–Kier alpha value is -2.53. The number of ether oxygens (including phenoxy) is 1. The molecule has 24 heavy (non-hydrogen) atoms. The van der Waals surface area contributed by atoms with Crippen LogP contribution in [0.3, 0.4) is 0 Å². The van der Waals surface area contributed by atoms with Crippen LogP contribution in [0.25, 0.3) is 0 Å². The molecule has 1 heterocycles. The average Bonchev–Trinajstić information content (AvgIpc) is 3.05. The molecule has 0 aliphatic rings. The molecule has 2 aromatic carbocycles. The summed E-state index contributed by atoms with van der Waals surface area (Å²) in [6, 6.07) is 17.9. The maximum Gasteiger partial charge on any atom is 0.315 e. The third-order valence-corrected chi connectivity index (χ3v) is 3.65. The Kier molecular flexibility index (Phi) is 5.69. The maximum absolute atomic E-state index is 5.87. The second-order valence-electron chi connectivity index (χ2n) is 5.22. The number of nitrogens with one attached hydrogen (secondary N) is 1. The molecule has 5 nitrogen and oxygen atoms in total. The van der Waals surface area contributed by atoms with E-state index in [9.17, 15) is 0 Å². The number of benzene rings is 2. The molecule has 0 aliphatic heterocycles. The molecule has 124 valence electrons. The highest BCUT2D eigenvalue weighted by Gasteiger charge is 2.06. The summed E-state index contributed by atoms with van der Waals surface area (Å²) in [5.74, 6) is 1.39. The Bertz CT molecular complexity index is 744. The highest BCUT2D eigenvalue weighted by atomic mass is 35.5. The summed E-state index contributed by atoms with van der Waals surface area (Å²) in [6.07, 6.45) is 1.42. The highest BCUT2D eigenvalue weighted by Crippen LogP contribution is 2.12. The van der Waals surface area contributed by atoms with Gasteiger partial charge in [0.1, 0.15) is 5.75 Å². The van der Waals surface area contributed by atoms with Crippen LogP contribution >= 0.6 is 11.6 Å². The van der Waals surface area contributed by atoms with Gasteiger partial charge in [-0.2, -0.15) is 0 Å². The van der Waals surface area contributed by atoms with Crippen molar-refractivity contribution in [2.45, 2.75) is 12.8 Å². The van der Waals surface area contributed by atoms with Crippen LogP contribution in [0, 0.1) is 0 Å². The van der Waals surface area contributed by atoms with Gasteiger partial charge in [-0.05, 0) is 36.2 Å². The average molecular weight is 344 g/mol. The van der Waals surface area contributed by atoms with Gasteiger partial charge in [0.15, 0.2) is 0 Å². The quantitative estimate of drug-likeness (QED) is 0.670. The van der Waals surface area contributed by atoms with Crippen molar-refractivity contribution in [1.29, 1.82) is 0 Å². The topological polar surface area (TPSA) is 60.2 Å². The summed E-state index contributed by atoms with van der Waals surface area (Å²) in [4.78, 5) is 0. The normalized spacial score (nSPS) is 10.5. The van der Waals surface area contributed by atoms with E-state index in [-0.39, 0.29) is 0 Å². The Balaban J connectivity index is 1.39. The molecular weight excluding hydrogens is 326 g/mol. The number of hydrogen-bond acceptors (Lipinski definition) is 5. The summed E-state index contributed by atoms with van der Waals surface area (Å²) in [7, 11) is 0. The summed E-state index contributed by atoms with van der Waals surface area (Å²) in [5, 5.41) is 11.9. The molecule has 0 unspecified atom stereocenters. The standard InChI is InChI=1S/C18H18ClN3O2/c19-15-8-6-14(7-9-15)10-12-20-18-22-21-17(24-18)11-13-23-16-4-2-1-3-5-16/h1-9H,10-13H2,(H,20,22). The van der Waals surface area contributed by atoms with Crippen molar-refractivity contribution < 1.29 is 9.15 Å². The minimum absolute atomic E-state index is 0.429. The Labute approximate surface area is 145 Å². The number of anilines is 1. The van der Waals surface area contributed by atoms with Crippen molar-refractivity contribution in [3.8, 4) is 5.75 Å². The monoisotopic (exact) mass is 343 g/mol. The van der Waals surface area contributed by atoms with Crippen LogP contribution in [-0.4, -0.2) is 23.3 Å². The lowest BCUT2D eigenvalue weighted by Gasteiger charge is -2.03. The lowest BCUT2D eigenvalue weighted by atomic mass is 10.1. The van der Waals surface area contributed by atoms with Gasteiger partial charge in [0.2, 0.25) is 5.89 Å². The molecule has 0 spiro atoms. The van der Waals surface area contributed by atoms with Crippen LogP contribution in [0.2, 0.25) is 5.02 Å². The molecule has 0 bridgehead atoms. The Morgan fingerprint density at radius 2 is 1.75 bits per heavy atom. The van der Waals surface area contributed by atoms with Gasteiger partial charge in [-0.3, -0.25) is 0 Å². The SMILES string of the molecule is Clc1ccc(CCNc2nnc(CCOc3ccccc3)o2)cc1. The fourth-order valence-electron chi connectivity index (χ4n) is 2.16. The van der Waals surface area contributed by atoms with Gasteiger partial charge in [0, 0.05) is 11.6 Å². The van der Waals surface area contributed by atoms with Gasteiger partial charge < -0.3 is 14.5 Å². The Morgan fingerprint density at radius 1 is 0.958 bits per heavy atom. The van der Waals surface area contributed by atoms with Crippen LogP contribution in [0.5, 0.6) is 5.75 Å². The lowest BCUT2D eigenvalue weighted by molar-refractivity contribution is 0.307. The zero-order valence-corrected chi connectivity index (χ0v) is 13.9. The second kappa shape index (κ2) is 8.36. The molecule has 0 saturated carbocycles. The molecule has 0 amide bonds. The fourth-order valence-corrected chi connectivity index (χ4v) is 2.29. The lowest BCUT2D eigenvalue weighted by Crippen LogP contribution is -2.04. The van der Waals surface area contributed by atoms with Crippen molar-refractivity contribution in [3.05, 3.63) is 71.1 Å². The van der Waals surface area contributed by atoms with Gasteiger partial charge in [0.05, 0.1) is 13.0 Å². The van der Waals surface area contributed by atoms with Crippen LogP contribution in [0.15, 0.2) is 59.0 Å². The minimum Gasteiger partial charge on any atom is -0.493 e. The van der Waals surface area contributed by atoms with E-state index in [2.05, 4.69) is 15.5 Å². The smallest absolute Gasteiger partial charge is 0.315 e. The van der Waals surface area contributed by atoms with E-state index in [0.29, 0.717) is 31.5 Å². The van der Waals surface area contributed by atoms with Gasteiger partial charge in [-0.1, -0.05) is 47.0 Å². The number of nitrogens with zero attached hydrogens (tertiary/aromatic N) is 2. The molecule has 0 saturated heterocycles. The second-order valence-corrected chi connectivity index (χ2v) is 5.65. The number of rotatable bonds is 8. The van der Waals surface area contributed by atoms with Crippen LogP contribution < -0.4 is 10.1 Å². The van der Waals surface area contributed by atoms with Gasteiger partial charge in [-0.25, -0.2) is 0 Å². The largest absolute Gasteiger partial charge is 0.493 e. The van der Waals surface area contributed by atoms with Crippen molar-refractivity contribution in [2.75, 3.05) is 18.5 Å². The van der Waals surface area contributed by atoms with Crippen molar-refractivity contribution in [1.82, 2.24) is 10.2 Å². The predicted octanol–water partition coefficient (Wildman–Crippen LogP) is 4.00. The summed E-state index contributed by atoms with van der Waals surface area (Å²) < 4.78 is 11.2. The third-order valence-electron chi connectivity index (χ3n) is 3.40. The predicted molar refractivity (Wildman–Crippen MR) is 93.6 cm³/mol. The van der Waals surface area contributed by atoms with Gasteiger partial charge in [0.25, 0.3) is 0 Å². The van der Waals surface area contributed by atoms with Gasteiger partial charge >= 0.3 is 6.01 Å². The highest BCUT2D eigenvalue weighted by molar-refractivity contribution is 6.30.